The first-order chi connectivity index (χ1) is 13.0. The van der Waals surface area contributed by atoms with Crippen molar-refractivity contribution < 1.29 is 18.7 Å². The van der Waals surface area contributed by atoms with Crippen molar-refractivity contribution in [3.05, 3.63) is 72.1 Å². The quantitative estimate of drug-likeness (QED) is 0.494. The van der Waals surface area contributed by atoms with Crippen LogP contribution in [-0.2, 0) is 14.3 Å². The molecule has 1 heterocycles. The summed E-state index contributed by atoms with van der Waals surface area (Å²) in [6, 6.07) is 16.8. The molecule has 0 saturated carbocycles. The lowest BCUT2D eigenvalue weighted by molar-refractivity contribution is -0.148. The van der Waals surface area contributed by atoms with E-state index in [1.165, 1.54) is 12.2 Å². The van der Waals surface area contributed by atoms with Gasteiger partial charge in [0.2, 0.25) is 5.89 Å². The number of rotatable bonds is 6. The van der Waals surface area contributed by atoms with E-state index in [0.717, 1.165) is 5.56 Å². The van der Waals surface area contributed by atoms with Crippen molar-refractivity contribution in [3.8, 4) is 0 Å². The third-order valence-electron chi connectivity index (χ3n) is 4.27. The van der Waals surface area contributed by atoms with Crippen LogP contribution in [0.3, 0.4) is 0 Å². The molecule has 3 rings (SSSR count). The first kappa shape index (κ1) is 18.4. The number of fused-ring (bicyclic) bond motifs is 1. The number of carbonyl (C=O) groups excluding carboxylic acids is 2. The minimum atomic E-state index is -0.633. The van der Waals surface area contributed by atoms with Gasteiger partial charge >= 0.3 is 5.97 Å². The van der Waals surface area contributed by atoms with Crippen molar-refractivity contribution in [1.82, 2.24) is 9.88 Å². The number of carbonyl (C=O) groups is 2. The number of para-hydroxylation sites is 2. The minimum absolute atomic E-state index is 0.118. The van der Waals surface area contributed by atoms with Gasteiger partial charge in [-0.25, -0.2) is 9.78 Å². The highest BCUT2D eigenvalue weighted by molar-refractivity contribution is 5.89. The molecule has 1 amide bonds. The number of hydrogen-bond acceptors (Lipinski definition) is 5. The van der Waals surface area contributed by atoms with Gasteiger partial charge in [0.25, 0.3) is 5.91 Å². The minimum Gasteiger partial charge on any atom is -0.452 e. The van der Waals surface area contributed by atoms with Gasteiger partial charge in [-0.05, 0) is 24.6 Å². The zero-order valence-corrected chi connectivity index (χ0v) is 15.2. The van der Waals surface area contributed by atoms with E-state index in [1.54, 1.807) is 18.0 Å². The van der Waals surface area contributed by atoms with Gasteiger partial charge in [0.05, 0.1) is 6.04 Å². The van der Waals surface area contributed by atoms with Crippen LogP contribution >= 0.6 is 0 Å². The van der Waals surface area contributed by atoms with Gasteiger partial charge < -0.3 is 14.1 Å². The van der Waals surface area contributed by atoms with Crippen LogP contribution in [0.1, 0.15) is 24.4 Å². The highest BCUT2D eigenvalue weighted by Crippen LogP contribution is 2.18. The lowest BCUT2D eigenvalue weighted by atomic mass is 10.1. The van der Waals surface area contributed by atoms with E-state index in [2.05, 4.69) is 4.98 Å². The first-order valence-corrected chi connectivity index (χ1v) is 8.55. The van der Waals surface area contributed by atoms with E-state index in [-0.39, 0.29) is 18.6 Å². The molecule has 6 nitrogen and oxygen atoms in total. The van der Waals surface area contributed by atoms with Crippen LogP contribution in [0.2, 0.25) is 0 Å². The summed E-state index contributed by atoms with van der Waals surface area (Å²) in [5.41, 5.74) is 2.35. The second-order valence-corrected chi connectivity index (χ2v) is 6.05. The molecule has 0 aliphatic carbocycles. The smallest absolute Gasteiger partial charge is 0.331 e. The van der Waals surface area contributed by atoms with Crippen molar-refractivity contribution in [2.45, 2.75) is 13.0 Å². The van der Waals surface area contributed by atoms with Crippen LogP contribution in [0.15, 0.2) is 65.1 Å². The Labute approximate surface area is 157 Å². The number of nitrogens with zero attached hydrogens (tertiary/aromatic N) is 2. The summed E-state index contributed by atoms with van der Waals surface area (Å²) in [6.45, 7) is 1.59. The van der Waals surface area contributed by atoms with Crippen LogP contribution < -0.4 is 0 Å². The van der Waals surface area contributed by atoms with E-state index in [9.17, 15) is 9.59 Å². The van der Waals surface area contributed by atoms with Gasteiger partial charge in [-0.2, -0.15) is 0 Å². The molecule has 0 saturated heterocycles. The third-order valence-corrected chi connectivity index (χ3v) is 4.27. The predicted molar refractivity (Wildman–Crippen MR) is 102 cm³/mol. The Bertz CT molecular complexity index is 929. The Hall–Kier alpha value is -3.41. The van der Waals surface area contributed by atoms with Gasteiger partial charge in [-0.1, -0.05) is 42.5 Å². The number of oxazole rings is 1. The average molecular weight is 364 g/mol. The second kappa shape index (κ2) is 8.31. The van der Waals surface area contributed by atoms with Crippen LogP contribution in [0.25, 0.3) is 17.2 Å². The number of aromatic nitrogens is 1. The second-order valence-electron chi connectivity index (χ2n) is 6.05. The maximum atomic E-state index is 12.2. The molecule has 0 fully saturated rings. The molecule has 138 valence electrons. The molecule has 0 aliphatic heterocycles. The lowest BCUT2D eigenvalue weighted by Gasteiger charge is -2.25. The average Bonchev–Trinajstić information content (AvgIpc) is 3.13. The molecule has 1 unspecified atom stereocenters. The predicted octanol–water partition coefficient (Wildman–Crippen LogP) is 3.60. The highest BCUT2D eigenvalue weighted by atomic mass is 16.5. The summed E-state index contributed by atoms with van der Waals surface area (Å²) in [5, 5.41) is 0. The SMILES string of the molecule is CC(c1ccccc1)N(C)C(=O)COC(=O)/C=C/c1nc2ccccc2o1. The van der Waals surface area contributed by atoms with Crippen molar-refractivity contribution in [2.75, 3.05) is 13.7 Å². The summed E-state index contributed by atoms with van der Waals surface area (Å²) in [7, 11) is 1.68. The third kappa shape index (κ3) is 4.61. The molecule has 0 spiro atoms. The standard InChI is InChI=1S/C21H20N2O4/c1-15(16-8-4-3-5-9-16)23(2)20(24)14-26-21(25)13-12-19-22-17-10-6-7-11-18(17)27-19/h3-13,15H,14H2,1-2H3/b13-12+. The molecule has 0 aliphatic rings. The lowest BCUT2D eigenvalue weighted by Crippen LogP contribution is -2.33. The number of esters is 1. The molecule has 6 heteroatoms. The van der Waals surface area contributed by atoms with Gasteiger partial charge in [0.1, 0.15) is 5.52 Å². The summed E-state index contributed by atoms with van der Waals surface area (Å²) < 4.78 is 10.5. The molecule has 0 bridgehead atoms. The number of benzene rings is 2. The summed E-state index contributed by atoms with van der Waals surface area (Å²) in [4.78, 5) is 29.9. The van der Waals surface area contributed by atoms with Gasteiger partial charge in [-0.3, -0.25) is 4.79 Å². The van der Waals surface area contributed by atoms with Crippen molar-refractivity contribution in [3.63, 3.8) is 0 Å². The first-order valence-electron chi connectivity index (χ1n) is 8.55. The summed E-state index contributed by atoms with van der Waals surface area (Å²) in [5.74, 6) is -0.615. The molecular formula is C21H20N2O4. The molecule has 0 radical (unpaired) electrons. The van der Waals surface area contributed by atoms with Crippen molar-refractivity contribution in [2.24, 2.45) is 0 Å². The molecule has 3 aromatic rings. The zero-order valence-electron chi connectivity index (χ0n) is 15.2. The van der Waals surface area contributed by atoms with Gasteiger partial charge in [-0.15, -0.1) is 0 Å². The fraction of sp³-hybridized carbons (Fsp3) is 0.190. The Balaban J connectivity index is 1.52. The van der Waals surface area contributed by atoms with Gasteiger partial charge in [0, 0.05) is 19.2 Å². The molecule has 27 heavy (non-hydrogen) atoms. The van der Waals surface area contributed by atoms with Crippen LogP contribution in [0, 0.1) is 0 Å². The Kier molecular flexibility index (Phi) is 5.66. The van der Waals surface area contributed by atoms with Crippen LogP contribution in [0.5, 0.6) is 0 Å². The molecule has 2 aromatic carbocycles. The Morgan fingerprint density at radius 2 is 1.85 bits per heavy atom. The van der Waals surface area contributed by atoms with E-state index < -0.39 is 5.97 Å². The molecule has 1 atom stereocenters. The Morgan fingerprint density at radius 1 is 1.15 bits per heavy atom. The van der Waals surface area contributed by atoms with Gasteiger partial charge in [0.15, 0.2) is 12.2 Å². The number of likely N-dealkylation sites (N-methyl/N-ethyl adjacent to an activating group) is 1. The monoisotopic (exact) mass is 364 g/mol. The zero-order chi connectivity index (χ0) is 19.2. The molecule has 1 aromatic heterocycles. The maximum absolute atomic E-state index is 12.2. The fourth-order valence-electron chi connectivity index (χ4n) is 2.55. The van der Waals surface area contributed by atoms with Crippen molar-refractivity contribution >= 4 is 29.1 Å². The van der Waals surface area contributed by atoms with Crippen molar-refractivity contribution in [1.29, 1.82) is 0 Å². The highest BCUT2D eigenvalue weighted by Gasteiger charge is 2.18. The Morgan fingerprint density at radius 3 is 2.59 bits per heavy atom. The van der Waals surface area contributed by atoms with E-state index in [1.807, 2.05) is 55.5 Å². The number of hydrogen-bond donors (Lipinski definition) is 0. The largest absolute Gasteiger partial charge is 0.452 e. The van der Waals surface area contributed by atoms with E-state index in [4.69, 9.17) is 9.15 Å². The summed E-state index contributed by atoms with van der Waals surface area (Å²) in [6.07, 6.45) is 2.61. The summed E-state index contributed by atoms with van der Waals surface area (Å²) >= 11 is 0. The molecule has 0 N–H and O–H groups in total. The number of amides is 1. The number of ether oxygens (including phenoxy) is 1. The maximum Gasteiger partial charge on any atom is 0.331 e. The van der Waals surface area contributed by atoms with E-state index >= 15 is 0 Å². The van der Waals surface area contributed by atoms with E-state index in [0.29, 0.717) is 17.0 Å². The normalized spacial score (nSPS) is 12.2. The van der Waals surface area contributed by atoms with Crippen LogP contribution in [-0.4, -0.2) is 35.4 Å². The topological polar surface area (TPSA) is 72.6 Å². The molecular weight excluding hydrogens is 344 g/mol. The fourth-order valence-corrected chi connectivity index (χ4v) is 2.55. The van der Waals surface area contributed by atoms with Crippen LogP contribution in [0.4, 0.5) is 0 Å².